The van der Waals surface area contributed by atoms with E-state index in [4.69, 9.17) is 11.6 Å². The normalized spacial score (nSPS) is 15.9. The lowest BCUT2D eigenvalue weighted by atomic mass is 9.93. The molecule has 9 heteroatoms. The minimum absolute atomic E-state index is 0.0607. The van der Waals surface area contributed by atoms with Crippen molar-refractivity contribution in [3.05, 3.63) is 29.5 Å². The first kappa shape index (κ1) is 18.8. The highest BCUT2D eigenvalue weighted by molar-refractivity contribution is 6.33. The maximum Gasteiger partial charge on any atom is 0.238 e. The van der Waals surface area contributed by atoms with Crippen LogP contribution in [0.4, 0.5) is 5.69 Å². The molecule has 0 atom stereocenters. The second-order valence-electron chi connectivity index (χ2n) is 6.58. The molecule has 1 aliphatic rings. The molecule has 2 N–H and O–H groups in total. The molecular weight excluding hydrogens is 354 g/mol. The van der Waals surface area contributed by atoms with Gasteiger partial charge in [-0.2, -0.15) is 0 Å². The minimum atomic E-state index is -0.0607. The number of hydrogen-bond acceptors (Lipinski definition) is 6. The Morgan fingerprint density at radius 3 is 2.85 bits per heavy atom. The van der Waals surface area contributed by atoms with Crippen LogP contribution < -0.4 is 10.6 Å². The number of nitrogens with one attached hydrogen (secondary N) is 2. The Kier molecular flexibility index (Phi) is 6.54. The molecule has 140 valence electrons. The molecule has 0 saturated carbocycles. The maximum atomic E-state index is 12.4. The van der Waals surface area contributed by atoms with Gasteiger partial charge in [-0.25, -0.2) is 4.68 Å². The van der Waals surface area contributed by atoms with Crippen molar-refractivity contribution in [2.45, 2.75) is 19.3 Å². The van der Waals surface area contributed by atoms with E-state index in [0.717, 1.165) is 44.1 Å². The van der Waals surface area contributed by atoms with Gasteiger partial charge in [0.2, 0.25) is 5.91 Å². The summed E-state index contributed by atoms with van der Waals surface area (Å²) < 4.78 is 1.52. The van der Waals surface area contributed by atoms with Crippen LogP contribution in [0.5, 0.6) is 0 Å². The quantitative estimate of drug-likeness (QED) is 0.761. The van der Waals surface area contributed by atoms with Crippen molar-refractivity contribution < 1.29 is 4.79 Å². The number of anilines is 1. The molecule has 0 spiro atoms. The summed E-state index contributed by atoms with van der Waals surface area (Å²) in [6.45, 7) is 3.35. The molecule has 0 radical (unpaired) electrons. The topological polar surface area (TPSA) is 88.0 Å². The molecule has 2 aromatic rings. The summed E-state index contributed by atoms with van der Waals surface area (Å²) in [5.41, 5.74) is 1.30. The van der Waals surface area contributed by atoms with Gasteiger partial charge >= 0.3 is 0 Å². The number of carbonyl (C=O) groups is 1. The summed E-state index contributed by atoms with van der Waals surface area (Å²) in [6.07, 6.45) is 4.98. The van der Waals surface area contributed by atoms with Crippen LogP contribution in [0, 0.1) is 5.92 Å². The van der Waals surface area contributed by atoms with E-state index < -0.39 is 0 Å². The predicted octanol–water partition coefficient (Wildman–Crippen LogP) is 1.58. The number of aromatic nitrogens is 4. The van der Waals surface area contributed by atoms with Crippen molar-refractivity contribution in [3.63, 3.8) is 0 Å². The second-order valence-corrected chi connectivity index (χ2v) is 6.99. The predicted molar refractivity (Wildman–Crippen MR) is 101 cm³/mol. The number of rotatable bonds is 7. The van der Waals surface area contributed by atoms with E-state index in [9.17, 15) is 4.79 Å². The van der Waals surface area contributed by atoms with Crippen LogP contribution in [-0.2, 0) is 4.79 Å². The summed E-state index contributed by atoms with van der Waals surface area (Å²) in [7, 11) is 1.99. The van der Waals surface area contributed by atoms with Crippen molar-refractivity contribution in [2.24, 2.45) is 5.92 Å². The van der Waals surface area contributed by atoms with Crippen molar-refractivity contribution >= 4 is 23.2 Å². The first-order valence-corrected chi connectivity index (χ1v) is 9.23. The van der Waals surface area contributed by atoms with E-state index in [0.29, 0.717) is 17.3 Å². The molecule has 0 unspecified atom stereocenters. The molecule has 1 fully saturated rings. The smallest absolute Gasteiger partial charge is 0.238 e. The molecule has 1 aromatic heterocycles. The van der Waals surface area contributed by atoms with Crippen LogP contribution in [0.25, 0.3) is 5.69 Å². The van der Waals surface area contributed by atoms with E-state index in [1.165, 1.54) is 17.4 Å². The lowest BCUT2D eigenvalue weighted by Crippen LogP contribution is -2.39. The van der Waals surface area contributed by atoms with Crippen LogP contribution in [0.15, 0.2) is 24.5 Å². The standard InChI is InChI=1S/C17H24ClN7O/c1-19-7-4-13-5-8-24(9-6-13)11-17(26)21-16-10-14(2-3-15(16)18)25-12-20-22-23-25/h2-3,10,12-13,19H,4-9,11H2,1H3,(H,21,26). The summed E-state index contributed by atoms with van der Waals surface area (Å²) in [6, 6.07) is 5.28. The number of tetrazole rings is 1. The van der Waals surface area contributed by atoms with Gasteiger partial charge in [0.05, 0.1) is 22.9 Å². The van der Waals surface area contributed by atoms with Crippen molar-refractivity contribution in [1.82, 2.24) is 30.4 Å². The van der Waals surface area contributed by atoms with Gasteiger partial charge in [-0.15, -0.1) is 5.10 Å². The Morgan fingerprint density at radius 1 is 1.35 bits per heavy atom. The molecule has 8 nitrogen and oxygen atoms in total. The fourth-order valence-electron chi connectivity index (χ4n) is 3.21. The van der Waals surface area contributed by atoms with Gasteiger partial charge in [0.15, 0.2) is 0 Å². The average molecular weight is 378 g/mol. The molecule has 26 heavy (non-hydrogen) atoms. The van der Waals surface area contributed by atoms with E-state index in [1.54, 1.807) is 18.2 Å². The maximum absolute atomic E-state index is 12.4. The Labute approximate surface area is 157 Å². The third-order valence-electron chi connectivity index (χ3n) is 4.71. The highest BCUT2D eigenvalue weighted by atomic mass is 35.5. The summed E-state index contributed by atoms with van der Waals surface area (Å²) in [5.74, 6) is 0.693. The Morgan fingerprint density at radius 2 is 2.15 bits per heavy atom. The SMILES string of the molecule is CNCCC1CCN(CC(=O)Nc2cc(-n3cnnn3)ccc2Cl)CC1. The molecule has 1 saturated heterocycles. The van der Waals surface area contributed by atoms with Gasteiger partial charge in [-0.3, -0.25) is 9.69 Å². The van der Waals surface area contributed by atoms with E-state index in [-0.39, 0.29) is 5.91 Å². The van der Waals surface area contributed by atoms with Crippen LogP contribution in [-0.4, -0.2) is 64.2 Å². The summed E-state index contributed by atoms with van der Waals surface area (Å²) in [4.78, 5) is 14.6. The number of piperidine rings is 1. The van der Waals surface area contributed by atoms with Crippen molar-refractivity contribution in [1.29, 1.82) is 0 Å². The van der Waals surface area contributed by atoms with Crippen molar-refractivity contribution in [3.8, 4) is 5.69 Å². The number of amides is 1. The van der Waals surface area contributed by atoms with Gasteiger partial charge in [0.1, 0.15) is 6.33 Å². The molecular formula is C17H24ClN7O. The Balaban J connectivity index is 1.53. The lowest BCUT2D eigenvalue weighted by Gasteiger charge is -2.31. The summed E-state index contributed by atoms with van der Waals surface area (Å²) >= 11 is 6.22. The number of halogens is 1. The zero-order valence-corrected chi connectivity index (χ0v) is 15.6. The first-order chi connectivity index (χ1) is 12.7. The molecule has 2 heterocycles. The van der Waals surface area contributed by atoms with Crippen molar-refractivity contribution in [2.75, 3.05) is 38.5 Å². The van der Waals surface area contributed by atoms with Gasteiger partial charge in [0.25, 0.3) is 0 Å². The van der Waals surface area contributed by atoms with Gasteiger partial charge < -0.3 is 10.6 Å². The van der Waals surface area contributed by atoms with Gasteiger partial charge in [-0.1, -0.05) is 11.6 Å². The zero-order valence-electron chi connectivity index (χ0n) is 14.9. The fraction of sp³-hybridized carbons (Fsp3) is 0.529. The third-order valence-corrected chi connectivity index (χ3v) is 5.04. The van der Waals surface area contributed by atoms with Crippen LogP contribution in [0.2, 0.25) is 5.02 Å². The molecule has 1 aliphatic heterocycles. The first-order valence-electron chi connectivity index (χ1n) is 8.85. The van der Waals surface area contributed by atoms with Crippen LogP contribution >= 0.6 is 11.6 Å². The number of carbonyl (C=O) groups excluding carboxylic acids is 1. The van der Waals surface area contributed by atoms with E-state index in [2.05, 4.69) is 31.1 Å². The second kappa shape index (κ2) is 9.07. The molecule has 0 aliphatic carbocycles. The zero-order chi connectivity index (χ0) is 18.4. The van der Waals surface area contributed by atoms with Gasteiger partial charge in [0, 0.05) is 0 Å². The van der Waals surface area contributed by atoms with Crippen LogP contribution in [0.1, 0.15) is 19.3 Å². The average Bonchev–Trinajstić information content (AvgIpc) is 3.17. The molecule has 0 bridgehead atoms. The lowest BCUT2D eigenvalue weighted by molar-refractivity contribution is -0.117. The highest BCUT2D eigenvalue weighted by Crippen LogP contribution is 2.25. The minimum Gasteiger partial charge on any atom is -0.324 e. The van der Waals surface area contributed by atoms with Gasteiger partial charge in [-0.05, 0) is 80.5 Å². The molecule has 1 amide bonds. The monoisotopic (exact) mass is 377 g/mol. The number of likely N-dealkylation sites (tertiary alicyclic amines) is 1. The molecule has 1 aromatic carbocycles. The van der Waals surface area contributed by atoms with E-state index in [1.807, 2.05) is 7.05 Å². The Bertz CT molecular complexity index is 714. The Hall–Kier alpha value is -2.03. The number of nitrogens with zero attached hydrogens (tertiary/aromatic N) is 5. The highest BCUT2D eigenvalue weighted by Gasteiger charge is 2.20. The molecule has 3 rings (SSSR count). The number of hydrogen-bond donors (Lipinski definition) is 2. The summed E-state index contributed by atoms with van der Waals surface area (Å²) in [5, 5.41) is 17.7. The number of benzene rings is 1. The third kappa shape index (κ3) is 5.00. The largest absolute Gasteiger partial charge is 0.324 e. The van der Waals surface area contributed by atoms with Crippen LogP contribution in [0.3, 0.4) is 0 Å². The van der Waals surface area contributed by atoms with E-state index >= 15 is 0 Å². The fourth-order valence-corrected chi connectivity index (χ4v) is 3.37.